The lowest BCUT2D eigenvalue weighted by atomic mass is 10.2. The first kappa shape index (κ1) is 19.5. The van der Waals surface area contributed by atoms with Gasteiger partial charge in [-0.3, -0.25) is 4.79 Å². The summed E-state index contributed by atoms with van der Waals surface area (Å²) in [4.78, 5) is 12.4. The smallest absolute Gasteiger partial charge is 0.243 e. The number of sulfone groups is 1. The predicted octanol–water partition coefficient (Wildman–Crippen LogP) is 1.73. The van der Waals surface area contributed by atoms with Crippen LogP contribution in [-0.2, 0) is 14.6 Å². The quantitative estimate of drug-likeness (QED) is 0.647. The fourth-order valence-corrected chi connectivity index (χ4v) is 3.21. The summed E-state index contributed by atoms with van der Waals surface area (Å²) in [6.07, 6.45) is 1.14. The third kappa shape index (κ3) is 4.52. The second kappa shape index (κ2) is 7.77. The number of nitrogens with one attached hydrogen (secondary N) is 2. The fraction of sp³-hybridized carbons (Fsp3) is 0.222. The van der Waals surface area contributed by atoms with Crippen LogP contribution in [0.25, 0.3) is 5.69 Å². The molecular weight excluding hydrogens is 380 g/mol. The lowest BCUT2D eigenvalue weighted by Gasteiger charge is -2.11. The van der Waals surface area contributed by atoms with Crippen molar-refractivity contribution in [1.82, 2.24) is 20.2 Å². The van der Waals surface area contributed by atoms with Gasteiger partial charge in [-0.05, 0) is 66.2 Å². The Morgan fingerprint density at radius 2 is 1.75 bits per heavy atom. The van der Waals surface area contributed by atoms with Crippen LogP contribution >= 0.6 is 0 Å². The van der Waals surface area contributed by atoms with Crippen LogP contribution in [0.3, 0.4) is 0 Å². The summed E-state index contributed by atoms with van der Waals surface area (Å²) in [5.41, 5.74) is 3.09. The number of aromatic nitrogens is 4. The minimum absolute atomic E-state index is 0.0465. The van der Waals surface area contributed by atoms with Crippen molar-refractivity contribution in [1.29, 1.82) is 0 Å². The van der Waals surface area contributed by atoms with E-state index < -0.39 is 9.84 Å². The number of carbonyl (C=O) groups excluding carboxylic acids is 1. The van der Waals surface area contributed by atoms with Crippen LogP contribution in [-0.4, -0.2) is 47.3 Å². The Morgan fingerprint density at radius 1 is 1.07 bits per heavy atom. The highest BCUT2D eigenvalue weighted by Gasteiger charge is 2.10. The van der Waals surface area contributed by atoms with E-state index in [4.69, 9.17) is 0 Å². The molecule has 0 bridgehead atoms. The molecule has 0 fully saturated rings. The molecule has 146 valence electrons. The second-order valence-corrected chi connectivity index (χ2v) is 8.35. The van der Waals surface area contributed by atoms with Gasteiger partial charge >= 0.3 is 0 Å². The zero-order valence-corrected chi connectivity index (χ0v) is 16.5. The minimum atomic E-state index is -3.26. The van der Waals surface area contributed by atoms with E-state index in [1.807, 2.05) is 32.0 Å². The van der Waals surface area contributed by atoms with E-state index in [2.05, 4.69) is 26.2 Å². The highest BCUT2D eigenvalue weighted by molar-refractivity contribution is 7.90. The number of aryl methyl sites for hydroxylation is 2. The third-order valence-electron chi connectivity index (χ3n) is 4.08. The van der Waals surface area contributed by atoms with Crippen molar-refractivity contribution in [2.75, 3.05) is 23.4 Å². The van der Waals surface area contributed by atoms with Gasteiger partial charge in [0, 0.05) is 17.6 Å². The topological polar surface area (TPSA) is 119 Å². The number of rotatable bonds is 6. The summed E-state index contributed by atoms with van der Waals surface area (Å²) in [6.45, 7) is 3.81. The van der Waals surface area contributed by atoms with Crippen LogP contribution in [0.5, 0.6) is 0 Å². The van der Waals surface area contributed by atoms with Gasteiger partial charge in [0.05, 0.1) is 17.1 Å². The van der Waals surface area contributed by atoms with Crippen LogP contribution in [0.1, 0.15) is 11.4 Å². The van der Waals surface area contributed by atoms with E-state index in [0.717, 1.165) is 23.2 Å². The number of tetrazole rings is 1. The van der Waals surface area contributed by atoms with Gasteiger partial charge in [-0.2, -0.15) is 4.68 Å². The van der Waals surface area contributed by atoms with Gasteiger partial charge in [0.2, 0.25) is 5.91 Å². The van der Waals surface area contributed by atoms with Crippen LogP contribution in [0.15, 0.2) is 47.4 Å². The van der Waals surface area contributed by atoms with Crippen LogP contribution in [0, 0.1) is 13.8 Å². The standard InChI is InChI=1S/C18H20N6O3S/c1-12-4-5-15(10-17(12)24-13(2)21-22-23-24)19-11-18(25)20-14-6-8-16(9-7-14)28(3,26)27/h4-10,19H,11H2,1-3H3,(H,20,25). The Hall–Kier alpha value is -3.27. The molecule has 10 heteroatoms. The Kier molecular flexibility index (Phi) is 5.41. The molecule has 0 aliphatic carbocycles. The number of carbonyl (C=O) groups is 1. The molecule has 0 saturated heterocycles. The highest BCUT2D eigenvalue weighted by atomic mass is 32.2. The molecule has 1 amide bonds. The number of amides is 1. The van der Waals surface area contributed by atoms with Gasteiger partial charge < -0.3 is 10.6 Å². The molecule has 0 aliphatic heterocycles. The normalized spacial score (nSPS) is 11.2. The van der Waals surface area contributed by atoms with Crippen molar-refractivity contribution in [3.8, 4) is 5.69 Å². The largest absolute Gasteiger partial charge is 0.376 e. The molecule has 3 rings (SSSR count). The van der Waals surface area contributed by atoms with Gasteiger partial charge in [-0.15, -0.1) is 5.10 Å². The van der Waals surface area contributed by atoms with Crippen molar-refractivity contribution in [3.05, 3.63) is 53.9 Å². The maximum absolute atomic E-state index is 12.2. The first-order chi connectivity index (χ1) is 13.2. The number of hydrogen-bond acceptors (Lipinski definition) is 7. The molecular formula is C18H20N6O3S. The SMILES string of the molecule is Cc1ccc(NCC(=O)Nc2ccc(S(C)(=O)=O)cc2)cc1-n1nnnc1C. The van der Waals surface area contributed by atoms with Crippen LogP contribution in [0.2, 0.25) is 0 Å². The Bertz CT molecular complexity index is 1110. The van der Waals surface area contributed by atoms with Crippen molar-refractivity contribution in [2.24, 2.45) is 0 Å². The monoisotopic (exact) mass is 400 g/mol. The Balaban J connectivity index is 1.64. The molecule has 1 heterocycles. The zero-order valence-electron chi connectivity index (χ0n) is 15.7. The van der Waals surface area contributed by atoms with E-state index in [1.54, 1.807) is 16.8 Å². The average molecular weight is 400 g/mol. The van der Waals surface area contributed by atoms with E-state index in [9.17, 15) is 13.2 Å². The fourth-order valence-electron chi connectivity index (χ4n) is 2.57. The Labute approximate surface area is 162 Å². The summed E-state index contributed by atoms with van der Waals surface area (Å²) in [5.74, 6) is 0.406. The van der Waals surface area contributed by atoms with Gasteiger partial charge in [0.25, 0.3) is 0 Å². The molecule has 2 N–H and O–H groups in total. The van der Waals surface area contributed by atoms with Gasteiger partial charge in [0.15, 0.2) is 15.7 Å². The van der Waals surface area contributed by atoms with Crippen LogP contribution in [0.4, 0.5) is 11.4 Å². The molecule has 1 aromatic heterocycles. The summed E-state index contributed by atoms with van der Waals surface area (Å²) < 4.78 is 24.6. The molecule has 28 heavy (non-hydrogen) atoms. The summed E-state index contributed by atoms with van der Waals surface area (Å²) >= 11 is 0. The molecule has 0 spiro atoms. The van der Waals surface area contributed by atoms with E-state index in [0.29, 0.717) is 11.5 Å². The molecule has 0 unspecified atom stereocenters. The highest BCUT2D eigenvalue weighted by Crippen LogP contribution is 2.19. The minimum Gasteiger partial charge on any atom is -0.376 e. The lowest BCUT2D eigenvalue weighted by Crippen LogP contribution is -2.21. The molecule has 2 aromatic carbocycles. The van der Waals surface area contributed by atoms with Crippen molar-refractivity contribution >= 4 is 27.1 Å². The maximum Gasteiger partial charge on any atom is 0.243 e. The Morgan fingerprint density at radius 3 is 2.36 bits per heavy atom. The van der Waals surface area contributed by atoms with Crippen molar-refractivity contribution in [3.63, 3.8) is 0 Å². The number of hydrogen-bond donors (Lipinski definition) is 2. The molecule has 0 saturated carbocycles. The van der Waals surface area contributed by atoms with Gasteiger partial charge in [-0.1, -0.05) is 6.07 Å². The predicted molar refractivity (Wildman–Crippen MR) is 105 cm³/mol. The first-order valence-corrected chi connectivity index (χ1v) is 10.3. The van der Waals surface area contributed by atoms with E-state index in [-0.39, 0.29) is 17.3 Å². The van der Waals surface area contributed by atoms with Gasteiger partial charge in [-0.25, -0.2) is 8.42 Å². The van der Waals surface area contributed by atoms with Crippen molar-refractivity contribution < 1.29 is 13.2 Å². The average Bonchev–Trinajstić information content (AvgIpc) is 3.06. The maximum atomic E-state index is 12.2. The van der Waals surface area contributed by atoms with Crippen LogP contribution < -0.4 is 10.6 Å². The zero-order chi connectivity index (χ0) is 20.3. The number of nitrogens with zero attached hydrogens (tertiary/aromatic N) is 4. The summed E-state index contributed by atoms with van der Waals surface area (Å²) in [5, 5.41) is 17.3. The molecule has 0 radical (unpaired) electrons. The molecule has 9 nitrogen and oxygen atoms in total. The van der Waals surface area contributed by atoms with Gasteiger partial charge in [0.1, 0.15) is 0 Å². The third-order valence-corrected chi connectivity index (χ3v) is 5.21. The number of anilines is 2. The summed E-state index contributed by atoms with van der Waals surface area (Å²) in [7, 11) is -3.26. The van der Waals surface area contributed by atoms with E-state index >= 15 is 0 Å². The summed E-state index contributed by atoms with van der Waals surface area (Å²) in [6, 6.07) is 11.7. The van der Waals surface area contributed by atoms with Crippen molar-refractivity contribution in [2.45, 2.75) is 18.7 Å². The first-order valence-electron chi connectivity index (χ1n) is 8.44. The van der Waals surface area contributed by atoms with E-state index in [1.165, 1.54) is 12.1 Å². The lowest BCUT2D eigenvalue weighted by molar-refractivity contribution is -0.114. The second-order valence-electron chi connectivity index (χ2n) is 6.34. The molecule has 0 atom stereocenters. The molecule has 0 aliphatic rings. The number of benzene rings is 2. The molecule has 3 aromatic rings.